The molecule has 2 rings (SSSR count). The van der Waals surface area contributed by atoms with Gasteiger partial charge in [0.1, 0.15) is 17.7 Å². The molecule has 0 aliphatic carbocycles. The molecule has 0 aliphatic heterocycles. The van der Waals surface area contributed by atoms with E-state index in [1.165, 1.54) is 0 Å². The quantitative estimate of drug-likeness (QED) is 0.880. The number of aliphatic carboxylic acids is 1. The zero-order chi connectivity index (χ0) is 17.0. The van der Waals surface area contributed by atoms with Gasteiger partial charge in [0.15, 0.2) is 0 Å². The minimum atomic E-state index is -1.27. The van der Waals surface area contributed by atoms with Crippen LogP contribution in [0.25, 0.3) is 0 Å². The van der Waals surface area contributed by atoms with Crippen molar-refractivity contribution >= 4 is 23.5 Å². The number of benzene rings is 2. The van der Waals surface area contributed by atoms with E-state index >= 15 is 0 Å². The van der Waals surface area contributed by atoms with Crippen molar-refractivity contribution < 1.29 is 23.5 Å². The SMILES string of the molecule is O=C(N[C@@H](Cc1ccc(Cl)cc1)C(=O)O)c1ccc(F)cc1F. The summed E-state index contributed by atoms with van der Waals surface area (Å²) in [5, 5.41) is 11.9. The van der Waals surface area contributed by atoms with Gasteiger partial charge in [-0.15, -0.1) is 0 Å². The van der Waals surface area contributed by atoms with Gasteiger partial charge in [0.25, 0.3) is 5.91 Å². The summed E-state index contributed by atoms with van der Waals surface area (Å²) >= 11 is 5.75. The van der Waals surface area contributed by atoms with Crippen LogP contribution in [0.3, 0.4) is 0 Å². The molecule has 1 atom stereocenters. The zero-order valence-electron chi connectivity index (χ0n) is 11.7. The van der Waals surface area contributed by atoms with Crippen molar-refractivity contribution in [2.75, 3.05) is 0 Å². The van der Waals surface area contributed by atoms with Crippen LogP contribution in [0.2, 0.25) is 5.02 Å². The predicted molar refractivity (Wildman–Crippen MR) is 80.4 cm³/mol. The van der Waals surface area contributed by atoms with Gasteiger partial charge in [0.05, 0.1) is 5.56 Å². The highest BCUT2D eigenvalue weighted by atomic mass is 35.5. The van der Waals surface area contributed by atoms with E-state index in [1.807, 2.05) is 0 Å². The summed E-state index contributed by atoms with van der Waals surface area (Å²) < 4.78 is 26.4. The van der Waals surface area contributed by atoms with Gasteiger partial charge < -0.3 is 10.4 Å². The number of hydrogen-bond donors (Lipinski definition) is 2. The van der Waals surface area contributed by atoms with Gasteiger partial charge in [0, 0.05) is 17.5 Å². The van der Waals surface area contributed by atoms with Crippen molar-refractivity contribution in [3.63, 3.8) is 0 Å². The Balaban J connectivity index is 2.14. The van der Waals surface area contributed by atoms with Crippen molar-refractivity contribution in [2.24, 2.45) is 0 Å². The number of nitrogens with one attached hydrogen (secondary N) is 1. The van der Waals surface area contributed by atoms with Crippen LogP contribution in [0.1, 0.15) is 15.9 Å². The molecule has 0 saturated heterocycles. The maximum absolute atomic E-state index is 13.6. The zero-order valence-corrected chi connectivity index (χ0v) is 12.5. The fraction of sp³-hybridized carbons (Fsp3) is 0.125. The van der Waals surface area contributed by atoms with Crippen molar-refractivity contribution in [3.8, 4) is 0 Å². The van der Waals surface area contributed by atoms with E-state index in [1.54, 1.807) is 24.3 Å². The molecule has 0 aliphatic rings. The first-order valence-corrected chi connectivity index (χ1v) is 6.98. The maximum Gasteiger partial charge on any atom is 0.326 e. The van der Waals surface area contributed by atoms with E-state index in [0.717, 1.165) is 12.1 Å². The second kappa shape index (κ2) is 7.19. The van der Waals surface area contributed by atoms with Crippen LogP contribution in [-0.2, 0) is 11.2 Å². The second-order valence-corrected chi connectivity index (χ2v) is 5.26. The smallest absolute Gasteiger partial charge is 0.326 e. The topological polar surface area (TPSA) is 66.4 Å². The molecule has 23 heavy (non-hydrogen) atoms. The molecule has 4 nitrogen and oxygen atoms in total. The summed E-state index contributed by atoms with van der Waals surface area (Å²) in [5.74, 6) is -4.08. The molecule has 0 unspecified atom stereocenters. The first-order chi connectivity index (χ1) is 10.9. The van der Waals surface area contributed by atoms with E-state index in [2.05, 4.69) is 5.32 Å². The molecule has 2 N–H and O–H groups in total. The number of carbonyl (C=O) groups is 2. The van der Waals surface area contributed by atoms with Crippen molar-refractivity contribution in [3.05, 3.63) is 70.2 Å². The number of amides is 1. The minimum Gasteiger partial charge on any atom is -0.480 e. The number of hydrogen-bond acceptors (Lipinski definition) is 2. The fourth-order valence-corrected chi connectivity index (χ4v) is 2.09. The van der Waals surface area contributed by atoms with Crippen molar-refractivity contribution in [1.29, 1.82) is 0 Å². The van der Waals surface area contributed by atoms with Crippen LogP contribution >= 0.6 is 11.6 Å². The number of carbonyl (C=O) groups excluding carboxylic acids is 1. The van der Waals surface area contributed by atoms with Gasteiger partial charge in [-0.25, -0.2) is 13.6 Å². The monoisotopic (exact) mass is 339 g/mol. The Hall–Kier alpha value is -2.47. The largest absolute Gasteiger partial charge is 0.480 e. The van der Waals surface area contributed by atoms with Crippen LogP contribution in [0.15, 0.2) is 42.5 Å². The van der Waals surface area contributed by atoms with E-state index in [0.29, 0.717) is 16.7 Å². The molecule has 2 aromatic rings. The molecular weight excluding hydrogens is 328 g/mol. The molecule has 120 valence electrons. The summed E-state index contributed by atoms with van der Waals surface area (Å²) in [6.07, 6.45) is 0.00105. The third-order valence-corrected chi connectivity index (χ3v) is 3.38. The Morgan fingerprint density at radius 2 is 1.78 bits per heavy atom. The second-order valence-electron chi connectivity index (χ2n) is 4.82. The van der Waals surface area contributed by atoms with E-state index in [9.17, 15) is 23.5 Å². The van der Waals surface area contributed by atoms with E-state index in [4.69, 9.17) is 11.6 Å². The molecule has 0 radical (unpaired) electrons. The molecule has 7 heteroatoms. The highest BCUT2D eigenvalue weighted by molar-refractivity contribution is 6.30. The molecule has 0 aromatic heterocycles. The van der Waals surface area contributed by atoms with Gasteiger partial charge in [-0.1, -0.05) is 23.7 Å². The lowest BCUT2D eigenvalue weighted by Crippen LogP contribution is -2.42. The maximum atomic E-state index is 13.6. The van der Waals surface area contributed by atoms with Crippen LogP contribution in [0, 0.1) is 11.6 Å². The molecule has 2 aromatic carbocycles. The number of halogens is 3. The molecule has 0 saturated carbocycles. The van der Waals surface area contributed by atoms with Crippen LogP contribution in [0.4, 0.5) is 8.78 Å². The number of carboxylic acids is 1. The number of carboxylic acid groups (broad SMARTS) is 1. The summed E-state index contributed by atoms with van der Waals surface area (Å²) in [6, 6.07) is 7.63. The minimum absolute atomic E-state index is 0.00105. The highest BCUT2D eigenvalue weighted by Gasteiger charge is 2.22. The Morgan fingerprint density at radius 1 is 1.13 bits per heavy atom. The third kappa shape index (κ3) is 4.50. The van der Waals surface area contributed by atoms with Gasteiger partial charge in [0.2, 0.25) is 0 Å². The molecule has 0 fully saturated rings. The van der Waals surface area contributed by atoms with Crippen LogP contribution in [0.5, 0.6) is 0 Å². The van der Waals surface area contributed by atoms with Crippen molar-refractivity contribution in [1.82, 2.24) is 5.32 Å². The summed E-state index contributed by atoms with van der Waals surface area (Å²) in [7, 11) is 0. The average molecular weight is 340 g/mol. The normalized spacial score (nSPS) is 11.8. The molecule has 0 bridgehead atoms. The summed E-state index contributed by atoms with van der Waals surface area (Å²) in [6.45, 7) is 0. The Morgan fingerprint density at radius 3 is 2.35 bits per heavy atom. The van der Waals surface area contributed by atoms with E-state index in [-0.39, 0.29) is 6.42 Å². The molecule has 0 spiro atoms. The number of rotatable bonds is 5. The predicted octanol–water partition coefficient (Wildman–Crippen LogP) is 3.04. The van der Waals surface area contributed by atoms with Gasteiger partial charge in [-0.3, -0.25) is 4.79 Å². The van der Waals surface area contributed by atoms with E-state index < -0.39 is 35.1 Å². The fourth-order valence-electron chi connectivity index (χ4n) is 1.97. The first-order valence-electron chi connectivity index (χ1n) is 6.60. The highest BCUT2D eigenvalue weighted by Crippen LogP contribution is 2.13. The van der Waals surface area contributed by atoms with Crippen LogP contribution in [-0.4, -0.2) is 23.0 Å². The standard InChI is InChI=1S/C16H12ClF2NO3/c17-10-3-1-9(2-4-10)7-14(16(22)23)20-15(21)12-6-5-11(18)8-13(12)19/h1-6,8,14H,7H2,(H,20,21)(H,22,23)/t14-/m0/s1. The molecular formula is C16H12ClF2NO3. The Kier molecular flexibility index (Phi) is 5.28. The third-order valence-electron chi connectivity index (χ3n) is 3.13. The Labute approximate surface area is 135 Å². The first kappa shape index (κ1) is 16.9. The molecule has 0 heterocycles. The summed E-state index contributed by atoms with van der Waals surface area (Å²) in [5.41, 5.74) is 0.218. The summed E-state index contributed by atoms with van der Waals surface area (Å²) in [4.78, 5) is 23.3. The lowest BCUT2D eigenvalue weighted by molar-refractivity contribution is -0.139. The lowest BCUT2D eigenvalue weighted by atomic mass is 10.1. The van der Waals surface area contributed by atoms with Gasteiger partial charge >= 0.3 is 5.97 Å². The van der Waals surface area contributed by atoms with Crippen LogP contribution < -0.4 is 5.32 Å². The average Bonchev–Trinajstić information content (AvgIpc) is 2.48. The van der Waals surface area contributed by atoms with Crippen molar-refractivity contribution in [2.45, 2.75) is 12.5 Å². The van der Waals surface area contributed by atoms with Gasteiger partial charge in [-0.2, -0.15) is 0 Å². The van der Waals surface area contributed by atoms with Gasteiger partial charge in [-0.05, 0) is 29.8 Å². The lowest BCUT2D eigenvalue weighted by Gasteiger charge is -2.15. The Bertz CT molecular complexity index is 735. The molecule has 1 amide bonds.